The molecule has 4 aromatic heterocycles. The molecule has 4 aromatic rings. The van der Waals surface area contributed by atoms with Gasteiger partial charge < -0.3 is 16.2 Å². The van der Waals surface area contributed by atoms with Crippen molar-refractivity contribution in [2.24, 2.45) is 5.92 Å². The van der Waals surface area contributed by atoms with Gasteiger partial charge in [0.25, 0.3) is 0 Å². The number of fused-ring (bicyclic) bond motifs is 2. The highest BCUT2D eigenvalue weighted by molar-refractivity contribution is 5.86. The van der Waals surface area contributed by atoms with Crippen LogP contribution in [-0.2, 0) is 0 Å². The first-order chi connectivity index (χ1) is 14.4. The summed E-state index contributed by atoms with van der Waals surface area (Å²) in [6.45, 7) is 3.79. The molecule has 0 spiro atoms. The maximum absolute atomic E-state index is 10.2. The Labute approximate surface area is 174 Å². The van der Waals surface area contributed by atoms with Crippen LogP contribution < -0.4 is 11.1 Å². The van der Waals surface area contributed by atoms with E-state index in [0.717, 1.165) is 48.1 Å². The van der Waals surface area contributed by atoms with Gasteiger partial charge in [0.1, 0.15) is 5.52 Å². The molecule has 5 rings (SSSR count). The number of nitrogens with two attached hydrogens (primary N) is 1. The van der Waals surface area contributed by atoms with Crippen molar-refractivity contribution < 1.29 is 5.11 Å². The van der Waals surface area contributed by atoms with E-state index >= 15 is 0 Å². The summed E-state index contributed by atoms with van der Waals surface area (Å²) in [5, 5.41) is 22.5. The number of nitrogens with one attached hydrogen (secondary N) is 1. The van der Waals surface area contributed by atoms with Crippen molar-refractivity contribution in [3.05, 3.63) is 36.8 Å². The highest BCUT2D eigenvalue weighted by Gasteiger charge is 2.31. The van der Waals surface area contributed by atoms with E-state index in [0.29, 0.717) is 17.7 Å². The molecule has 4 N–H and O–H groups in total. The molecule has 9 heteroatoms. The molecule has 0 atom stereocenters. The molecule has 0 aliphatic heterocycles. The van der Waals surface area contributed by atoms with Gasteiger partial charge in [-0.3, -0.25) is 0 Å². The zero-order valence-corrected chi connectivity index (χ0v) is 17.2. The van der Waals surface area contributed by atoms with Gasteiger partial charge in [-0.05, 0) is 57.6 Å². The summed E-state index contributed by atoms with van der Waals surface area (Å²) in [5.41, 5.74) is 8.89. The van der Waals surface area contributed by atoms with Crippen molar-refractivity contribution >= 4 is 22.9 Å². The summed E-state index contributed by atoms with van der Waals surface area (Å²) in [6, 6.07) is 5.99. The van der Waals surface area contributed by atoms with Crippen molar-refractivity contribution in [1.82, 2.24) is 29.2 Å². The van der Waals surface area contributed by atoms with E-state index in [-0.39, 0.29) is 6.04 Å². The maximum Gasteiger partial charge on any atom is 0.243 e. The largest absolute Gasteiger partial charge is 0.390 e. The molecule has 0 aromatic carbocycles. The molecule has 1 aliphatic carbocycles. The van der Waals surface area contributed by atoms with E-state index in [9.17, 15) is 5.11 Å². The first-order valence-electron chi connectivity index (χ1n) is 10.3. The molecular weight excluding hydrogens is 380 g/mol. The summed E-state index contributed by atoms with van der Waals surface area (Å²) >= 11 is 0. The minimum atomic E-state index is -0.625. The van der Waals surface area contributed by atoms with Crippen LogP contribution in [0.5, 0.6) is 0 Å². The summed E-state index contributed by atoms with van der Waals surface area (Å²) in [7, 11) is 0. The molecule has 9 nitrogen and oxygen atoms in total. The van der Waals surface area contributed by atoms with Gasteiger partial charge in [0.05, 0.1) is 17.5 Å². The van der Waals surface area contributed by atoms with Crippen molar-refractivity contribution in [3.63, 3.8) is 0 Å². The number of hydrogen-bond donors (Lipinski definition) is 3. The van der Waals surface area contributed by atoms with E-state index < -0.39 is 5.60 Å². The van der Waals surface area contributed by atoms with Crippen molar-refractivity contribution in [1.29, 1.82) is 0 Å². The lowest BCUT2D eigenvalue weighted by Crippen LogP contribution is -2.37. The molecule has 0 unspecified atom stereocenters. The van der Waals surface area contributed by atoms with Gasteiger partial charge >= 0.3 is 0 Å². The van der Waals surface area contributed by atoms with E-state index in [2.05, 4.69) is 25.5 Å². The molecule has 1 aliphatic rings. The Balaban J connectivity index is 1.39. The Morgan fingerprint density at radius 1 is 1.07 bits per heavy atom. The molecule has 0 radical (unpaired) electrons. The first kappa shape index (κ1) is 18.8. The molecule has 0 amide bonds. The van der Waals surface area contributed by atoms with Crippen molar-refractivity contribution in [2.75, 3.05) is 11.1 Å². The predicted octanol–water partition coefficient (Wildman–Crippen LogP) is 2.76. The van der Waals surface area contributed by atoms with Gasteiger partial charge in [-0.15, -0.1) is 5.10 Å². The Morgan fingerprint density at radius 2 is 1.83 bits per heavy atom. The summed E-state index contributed by atoms with van der Waals surface area (Å²) < 4.78 is 3.47. The van der Waals surface area contributed by atoms with Crippen LogP contribution >= 0.6 is 0 Å². The molecule has 4 heterocycles. The van der Waals surface area contributed by atoms with E-state index in [1.807, 2.05) is 44.4 Å². The van der Waals surface area contributed by atoms with Crippen LogP contribution in [0.1, 0.15) is 39.5 Å². The number of aromatic nitrogens is 6. The smallest absolute Gasteiger partial charge is 0.243 e. The molecular formula is C21H26N8O. The molecule has 0 bridgehead atoms. The summed E-state index contributed by atoms with van der Waals surface area (Å²) in [6.07, 6.45) is 9.38. The zero-order valence-electron chi connectivity index (χ0n) is 17.2. The molecule has 156 valence electrons. The average molecular weight is 406 g/mol. The summed E-state index contributed by atoms with van der Waals surface area (Å²) in [4.78, 5) is 9.17. The minimum absolute atomic E-state index is 0.279. The van der Waals surface area contributed by atoms with Crippen LogP contribution in [0.25, 0.3) is 22.4 Å². The van der Waals surface area contributed by atoms with Crippen molar-refractivity contribution in [2.45, 2.75) is 51.2 Å². The van der Waals surface area contributed by atoms with Crippen LogP contribution in [0.3, 0.4) is 0 Å². The Morgan fingerprint density at radius 3 is 2.60 bits per heavy atom. The quantitative estimate of drug-likeness (QED) is 0.477. The number of aliphatic hydroxyl groups is 1. The van der Waals surface area contributed by atoms with E-state index in [1.54, 1.807) is 15.2 Å². The lowest BCUT2D eigenvalue weighted by molar-refractivity contribution is -0.000417. The van der Waals surface area contributed by atoms with Crippen LogP contribution in [-0.4, -0.2) is 45.9 Å². The zero-order chi connectivity index (χ0) is 20.9. The second-order valence-electron chi connectivity index (χ2n) is 8.64. The van der Waals surface area contributed by atoms with Gasteiger partial charge in [-0.2, -0.15) is 10.1 Å². The molecule has 30 heavy (non-hydrogen) atoms. The molecule has 0 saturated heterocycles. The lowest BCUT2D eigenvalue weighted by atomic mass is 9.77. The van der Waals surface area contributed by atoms with Crippen LogP contribution in [0, 0.1) is 5.92 Å². The fourth-order valence-corrected chi connectivity index (χ4v) is 4.41. The second-order valence-corrected chi connectivity index (χ2v) is 8.64. The van der Waals surface area contributed by atoms with Gasteiger partial charge in [0.15, 0.2) is 11.5 Å². The lowest BCUT2D eigenvalue weighted by Gasteiger charge is -2.36. The first-order valence-corrected chi connectivity index (χ1v) is 10.3. The molecule has 1 saturated carbocycles. The monoisotopic (exact) mass is 406 g/mol. The van der Waals surface area contributed by atoms with Crippen LogP contribution in [0.15, 0.2) is 36.8 Å². The number of rotatable bonds is 4. The fraction of sp³-hybridized carbons (Fsp3) is 0.429. The van der Waals surface area contributed by atoms with Crippen molar-refractivity contribution in [3.8, 4) is 11.3 Å². The predicted molar refractivity (Wildman–Crippen MR) is 115 cm³/mol. The van der Waals surface area contributed by atoms with Crippen LogP contribution in [0.2, 0.25) is 0 Å². The highest BCUT2D eigenvalue weighted by atomic mass is 16.3. The molecule has 1 fully saturated rings. The maximum atomic E-state index is 10.2. The van der Waals surface area contributed by atoms with Crippen LogP contribution in [0.4, 0.5) is 11.8 Å². The number of anilines is 2. The number of hydrogen-bond acceptors (Lipinski definition) is 7. The van der Waals surface area contributed by atoms with Gasteiger partial charge in [0, 0.05) is 30.1 Å². The average Bonchev–Trinajstić information content (AvgIpc) is 3.34. The summed E-state index contributed by atoms with van der Waals surface area (Å²) in [5.74, 6) is 1.26. The van der Waals surface area contributed by atoms with Gasteiger partial charge in [0.2, 0.25) is 5.95 Å². The van der Waals surface area contributed by atoms with E-state index in [1.165, 1.54) is 0 Å². The topological polar surface area (TPSA) is 119 Å². The van der Waals surface area contributed by atoms with E-state index in [4.69, 9.17) is 5.73 Å². The number of nitrogen functional groups attached to an aromatic ring is 1. The Kier molecular flexibility index (Phi) is 4.35. The van der Waals surface area contributed by atoms with Gasteiger partial charge in [-0.25, -0.2) is 14.0 Å². The normalized spacial score (nSPS) is 20.1. The number of nitrogens with zero attached hydrogens (tertiary/aromatic N) is 6. The fourth-order valence-electron chi connectivity index (χ4n) is 4.41. The SMILES string of the molecule is CC(C)(O)C1CCC(Nc2nc(N)c3c(-c4ccn5nccc5n4)ccn3n2)CC1. The Hall–Kier alpha value is -3.20. The van der Waals surface area contributed by atoms with Gasteiger partial charge in [-0.1, -0.05) is 0 Å². The second kappa shape index (κ2) is 6.94. The third-order valence-corrected chi connectivity index (χ3v) is 6.13. The highest BCUT2D eigenvalue weighted by Crippen LogP contribution is 2.34. The minimum Gasteiger partial charge on any atom is -0.390 e. The third-order valence-electron chi connectivity index (χ3n) is 6.13. The standard InChI is InChI=1S/C21H26N8O/c1-21(2,30)13-3-5-14(6-4-13)24-20-26-19(22)18-15(8-11-29(18)27-20)16-9-12-28-17(25-16)7-10-23-28/h7-14,30H,3-6H2,1-2H3,(H3,22,24,26,27). The Bertz CT molecular complexity index is 1200. The third kappa shape index (κ3) is 3.35.